The fourth-order valence-electron chi connectivity index (χ4n) is 4.80. The number of hydrogen-bond acceptors (Lipinski definition) is 5. The Morgan fingerprint density at radius 1 is 1.09 bits per heavy atom. The molecule has 1 fully saturated rings. The fraction of sp³-hybridized carbons (Fsp3) is 0.320. The molecule has 0 unspecified atom stereocenters. The molecule has 2 aliphatic rings. The number of anilines is 1. The number of likely N-dealkylation sites (tertiary alicyclic amines) is 1. The van der Waals surface area contributed by atoms with Crippen molar-refractivity contribution in [3.05, 3.63) is 72.7 Å². The molecule has 4 heterocycles. The Bertz CT molecular complexity index is 1180. The van der Waals surface area contributed by atoms with Gasteiger partial charge in [-0.25, -0.2) is 4.98 Å². The quantitative estimate of drug-likeness (QED) is 0.603. The summed E-state index contributed by atoms with van der Waals surface area (Å²) in [7, 11) is 3.52. The molecule has 1 spiro atoms. The molecule has 0 saturated carbocycles. The molecule has 8 heteroatoms. The summed E-state index contributed by atoms with van der Waals surface area (Å²) in [5.41, 5.74) is 1.42. The first-order chi connectivity index (χ1) is 16.0. The number of amides is 2. The maximum atomic E-state index is 13.1. The summed E-state index contributed by atoms with van der Waals surface area (Å²) in [6, 6.07) is 17.3. The number of carbonyl (C=O) groups is 2. The second-order valence-electron chi connectivity index (χ2n) is 8.68. The fourth-order valence-corrected chi connectivity index (χ4v) is 4.80. The van der Waals surface area contributed by atoms with Crippen LogP contribution in [0.3, 0.4) is 0 Å². The van der Waals surface area contributed by atoms with Gasteiger partial charge in [0.2, 0.25) is 5.91 Å². The van der Waals surface area contributed by atoms with Crippen LogP contribution in [0.2, 0.25) is 0 Å². The molecule has 170 valence electrons. The zero-order valence-electron chi connectivity index (χ0n) is 18.8. The molecule has 0 bridgehead atoms. The number of hydrogen-bond donors (Lipinski definition) is 0. The predicted octanol–water partition coefficient (Wildman–Crippen LogP) is 2.29. The number of rotatable bonds is 5. The highest BCUT2D eigenvalue weighted by atomic mass is 16.5. The third-order valence-corrected chi connectivity index (χ3v) is 6.53. The molecule has 2 amide bonds. The number of likely N-dealkylation sites (N-methyl/N-ethyl adjacent to an activating group) is 1. The van der Waals surface area contributed by atoms with E-state index < -0.39 is 5.54 Å². The molecule has 1 aromatic carbocycles. The average Bonchev–Trinajstić information content (AvgIpc) is 3.50. The van der Waals surface area contributed by atoms with Crippen LogP contribution in [0.4, 0.5) is 5.69 Å². The van der Waals surface area contributed by atoms with Crippen LogP contribution < -0.4 is 9.64 Å². The molecule has 1 saturated heterocycles. The number of benzene rings is 1. The summed E-state index contributed by atoms with van der Waals surface area (Å²) in [5.74, 6) is 1.41. The maximum absolute atomic E-state index is 13.1. The van der Waals surface area contributed by atoms with E-state index in [1.165, 1.54) is 0 Å². The van der Waals surface area contributed by atoms with E-state index in [-0.39, 0.29) is 25.0 Å². The largest absolute Gasteiger partial charge is 0.484 e. The lowest BCUT2D eigenvalue weighted by atomic mass is 9.88. The number of carbonyl (C=O) groups excluding carboxylic acids is 2. The summed E-state index contributed by atoms with van der Waals surface area (Å²) in [6.45, 7) is 1.25. The van der Waals surface area contributed by atoms with Crippen LogP contribution in [-0.2, 0) is 15.1 Å². The topological polar surface area (TPSA) is 70.9 Å². The van der Waals surface area contributed by atoms with E-state index in [2.05, 4.69) is 20.5 Å². The monoisotopic (exact) mass is 445 g/mol. The predicted molar refractivity (Wildman–Crippen MR) is 124 cm³/mol. The van der Waals surface area contributed by atoms with Crippen LogP contribution >= 0.6 is 0 Å². The minimum absolute atomic E-state index is 0.00127. The first kappa shape index (κ1) is 21.1. The smallest absolute Gasteiger partial charge is 0.260 e. The van der Waals surface area contributed by atoms with Gasteiger partial charge in [0, 0.05) is 39.6 Å². The Morgan fingerprint density at radius 3 is 2.70 bits per heavy atom. The second kappa shape index (κ2) is 8.27. The summed E-state index contributed by atoms with van der Waals surface area (Å²) >= 11 is 0. The molecule has 3 aromatic rings. The molecule has 1 atom stereocenters. The van der Waals surface area contributed by atoms with Gasteiger partial charge in [-0.15, -0.1) is 0 Å². The third kappa shape index (κ3) is 3.61. The highest BCUT2D eigenvalue weighted by Crippen LogP contribution is 2.46. The van der Waals surface area contributed by atoms with Crippen LogP contribution in [-0.4, -0.2) is 71.5 Å². The molecule has 33 heavy (non-hydrogen) atoms. The Labute approximate surface area is 193 Å². The number of nitrogens with zero attached hydrogens (tertiary/aromatic N) is 5. The standard InChI is InChI=1S/C25H27N5O3/c1-27(2)22(31)16-30-20-10-6-13-26-24(20)29-14-7-11-21(29)25(30)12-15-28(18-25)23(32)17-33-19-8-4-3-5-9-19/h3-11,13-14H,12,15-18H2,1-2H3/t25-/m0/s1. The van der Waals surface area contributed by atoms with Crippen molar-refractivity contribution < 1.29 is 14.3 Å². The molecule has 2 aliphatic heterocycles. The summed E-state index contributed by atoms with van der Waals surface area (Å²) in [4.78, 5) is 36.1. The van der Waals surface area contributed by atoms with Crippen LogP contribution in [0, 0.1) is 0 Å². The number of fused-ring (bicyclic) bond motifs is 4. The van der Waals surface area contributed by atoms with E-state index in [9.17, 15) is 9.59 Å². The Kier molecular flexibility index (Phi) is 5.28. The molecule has 0 aliphatic carbocycles. The van der Waals surface area contributed by atoms with Crippen LogP contribution in [0.1, 0.15) is 12.1 Å². The number of pyridine rings is 1. The number of aromatic nitrogens is 2. The van der Waals surface area contributed by atoms with Gasteiger partial charge in [-0.05, 0) is 42.8 Å². The van der Waals surface area contributed by atoms with E-state index in [4.69, 9.17) is 4.74 Å². The van der Waals surface area contributed by atoms with Gasteiger partial charge in [0.1, 0.15) is 11.3 Å². The van der Waals surface area contributed by atoms with Crippen molar-refractivity contribution in [1.82, 2.24) is 19.4 Å². The van der Waals surface area contributed by atoms with Gasteiger partial charge in [-0.2, -0.15) is 0 Å². The van der Waals surface area contributed by atoms with E-state index in [1.54, 1.807) is 25.2 Å². The van der Waals surface area contributed by atoms with Crippen molar-refractivity contribution in [1.29, 1.82) is 0 Å². The molecule has 2 aromatic heterocycles. The van der Waals surface area contributed by atoms with Crippen molar-refractivity contribution in [2.45, 2.75) is 12.0 Å². The molecular formula is C25H27N5O3. The van der Waals surface area contributed by atoms with Gasteiger partial charge in [-0.1, -0.05) is 18.2 Å². The van der Waals surface area contributed by atoms with E-state index in [0.717, 1.165) is 17.2 Å². The zero-order valence-corrected chi connectivity index (χ0v) is 18.8. The van der Waals surface area contributed by atoms with Crippen molar-refractivity contribution in [3.63, 3.8) is 0 Å². The number of para-hydroxylation sites is 1. The van der Waals surface area contributed by atoms with Gasteiger partial charge in [0.05, 0.1) is 17.9 Å². The molecule has 8 nitrogen and oxygen atoms in total. The van der Waals surface area contributed by atoms with Crippen molar-refractivity contribution in [3.8, 4) is 11.6 Å². The lowest BCUT2D eigenvalue weighted by molar-refractivity contribution is -0.132. The minimum atomic E-state index is -0.520. The normalized spacial score (nSPS) is 18.7. The SMILES string of the molecule is CN(C)C(=O)CN1c2cccnc2-n2cccc2[C@@]12CCN(C(=O)COc1ccccc1)C2. The Balaban J connectivity index is 1.46. The second-order valence-corrected chi connectivity index (χ2v) is 8.68. The maximum Gasteiger partial charge on any atom is 0.260 e. The summed E-state index contributed by atoms with van der Waals surface area (Å²) in [5, 5.41) is 0. The van der Waals surface area contributed by atoms with Crippen molar-refractivity contribution in [2.75, 3.05) is 45.2 Å². The number of ether oxygens (including phenoxy) is 1. The summed E-state index contributed by atoms with van der Waals surface area (Å²) < 4.78 is 7.79. The van der Waals surface area contributed by atoms with Gasteiger partial charge in [0.15, 0.2) is 12.4 Å². The molecule has 0 radical (unpaired) electrons. The third-order valence-electron chi connectivity index (χ3n) is 6.53. The lowest BCUT2D eigenvalue weighted by Gasteiger charge is -2.46. The zero-order chi connectivity index (χ0) is 23.0. The van der Waals surface area contributed by atoms with Crippen LogP contribution in [0.25, 0.3) is 5.82 Å². The van der Waals surface area contributed by atoms with Crippen LogP contribution in [0.15, 0.2) is 67.0 Å². The summed E-state index contributed by atoms with van der Waals surface area (Å²) in [6.07, 6.45) is 4.47. The van der Waals surface area contributed by atoms with Gasteiger partial charge < -0.3 is 24.0 Å². The van der Waals surface area contributed by atoms with Crippen LogP contribution in [0.5, 0.6) is 5.75 Å². The molecular weight excluding hydrogens is 418 g/mol. The highest BCUT2D eigenvalue weighted by Gasteiger charge is 2.51. The van der Waals surface area contributed by atoms with Gasteiger partial charge >= 0.3 is 0 Å². The lowest BCUT2D eigenvalue weighted by Crippen LogP contribution is -2.55. The highest BCUT2D eigenvalue weighted by molar-refractivity contribution is 5.84. The molecule has 0 N–H and O–H groups in total. The average molecular weight is 446 g/mol. The Morgan fingerprint density at radius 2 is 1.91 bits per heavy atom. The van der Waals surface area contributed by atoms with E-state index in [1.807, 2.05) is 59.6 Å². The van der Waals surface area contributed by atoms with Crippen molar-refractivity contribution >= 4 is 17.5 Å². The van der Waals surface area contributed by atoms with Gasteiger partial charge in [0.25, 0.3) is 5.91 Å². The minimum Gasteiger partial charge on any atom is -0.484 e. The Hall–Kier alpha value is -3.81. The van der Waals surface area contributed by atoms with Gasteiger partial charge in [-0.3, -0.25) is 9.59 Å². The van der Waals surface area contributed by atoms with E-state index in [0.29, 0.717) is 25.3 Å². The van der Waals surface area contributed by atoms with Crippen molar-refractivity contribution in [2.24, 2.45) is 0 Å². The molecule has 5 rings (SSSR count). The first-order valence-corrected chi connectivity index (χ1v) is 11.1. The van der Waals surface area contributed by atoms with E-state index >= 15 is 0 Å². The first-order valence-electron chi connectivity index (χ1n) is 11.1.